The third-order valence-electron chi connectivity index (χ3n) is 5.58. The molecule has 1 saturated heterocycles. The lowest BCUT2D eigenvalue weighted by molar-refractivity contribution is -0.143. The van der Waals surface area contributed by atoms with Crippen molar-refractivity contribution in [1.29, 1.82) is 0 Å². The Labute approximate surface area is 133 Å². The summed E-state index contributed by atoms with van der Waals surface area (Å²) in [4.78, 5) is 50.5. The van der Waals surface area contributed by atoms with E-state index in [9.17, 15) is 19.2 Å². The van der Waals surface area contributed by atoms with Gasteiger partial charge in [0.2, 0.25) is 11.8 Å². The zero-order chi connectivity index (χ0) is 16.3. The van der Waals surface area contributed by atoms with E-state index >= 15 is 0 Å². The molecule has 0 aromatic heterocycles. The van der Waals surface area contributed by atoms with Crippen LogP contribution in [-0.2, 0) is 14.4 Å². The molecule has 5 rings (SSSR count). The summed E-state index contributed by atoms with van der Waals surface area (Å²) in [7, 11) is 0. The van der Waals surface area contributed by atoms with Crippen molar-refractivity contribution in [2.45, 2.75) is 26.2 Å². The molecule has 3 aliphatic carbocycles. The minimum atomic E-state index is -0.497. The number of anilines is 1. The molecule has 2 bridgehead atoms. The molecule has 4 aliphatic rings. The van der Waals surface area contributed by atoms with E-state index < -0.39 is 5.92 Å². The van der Waals surface area contributed by atoms with Gasteiger partial charge >= 0.3 is 0 Å². The van der Waals surface area contributed by atoms with Crippen LogP contribution < -0.4 is 4.90 Å². The number of nitrogens with zero attached hydrogens (tertiary/aromatic N) is 1. The Balaban J connectivity index is 1.75. The Kier molecular flexibility index (Phi) is 3.01. The van der Waals surface area contributed by atoms with Crippen LogP contribution >= 0.6 is 0 Å². The summed E-state index contributed by atoms with van der Waals surface area (Å²) in [6.45, 7) is 1.45. The molecule has 2 amide bonds. The van der Waals surface area contributed by atoms with E-state index in [-0.39, 0.29) is 41.1 Å². The number of benzene rings is 1. The first-order chi connectivity index (χ1) is 11.0. The maximum Gasteiger partial charge on any atom is 0.238 e. The summed E-state index contributed by atoms with van der Waals surface area (Å²) in [5.74, 6) is -1.63. The average Bonchev–Trinajstić information content (AvgIpc) is 2.81. The zero-order valence-corrected chi connectivity index (χ0v) is 12.8. The molecule has 3 saturated carbocycles. The van der Waals surface area contributed by atoms with E-state index in [1.807, 2.05) is 0 Å². The first-order valence-electron chi connectivity index (χ1n) is 8.00. The van der Waals surface area contributed by atoms with Gasteiger partial charge in [0.05, 0.1) is 17.5 Å². The Morgan fingerprint density at radius 1 is 1.09 bits per heavy atom. The molecule has 4 atom stereocenters. The first kappa shape index (κ1) is 14.3. The highest BCUT2D eigenvalue weighted by Crippen LogP contribution is 2.52. The summed E-state index contributed by atoms with van der Waals surface area (Å²) >= 11 is 0. The maximum atomic E-state index is 12.8. The van der Waals surface area contributed by atoms with Gasteiger partial charge in [0.1, 0.15) is 5.78 Å². The molecule has 1 heterocycles. The number of fused-ring (bicyclic) bond motifs is 2. The lowest BCUT2D eigenvalue weighted by Crippen LogP contribution is -2.46. The molecule has 118 valence electrons. The molecule has 1 aromatic carbocycles. The topological polar surface area (TPSA) is 71.5 Å². The molecule has 1 aromatic rings. The molecular formula is C18H17NO4. The van der Waals surface area contributed by atoms with Crippen molar-refractivity contribution in [3.05, 3.63) is 29.8 Å². The van der Waals surface area contributed by atoms with Crippen LogP contribution in [0.5, 0.6) is 0 Å². The van der Waals surface area contributed by atoms with Crippen molar-refractivity contribution < 1.29 is 19.2 Å². The smallest absolute Gasteiger partial charge is 0.238 e. The first-order valence-corrected chi connectivity index (χ1v) is 8.00. The number of carbonyl (C=O) groups is 4. The SMILES string of the molecule is CC(=O)c1cccc(N2C(=O)C3C4CCC(C(=O)C4)C3C2=O)c1. The molecule has 1 aliphatic heterocycles. The van der Waals surface area contributed by atoms with Crippen molar-refractivity contribution in [2.24, 2.45) is 23.7 Å². The average molecular weight is 311 g/mol. The minimum Gasteiger partial charge on any atom is -0.299 e. The van der Waals surface area contributed by atoms with Gasteiger partial charge in [-0.05, 0) is 37.8 Å². The number of hydrogen-bond donors (Lipinski definition) is 0. The Hall–Kier alpha value is -2.30. The van der Waals surface area contributed by atoms with Crippen LogP contribution in [0.15, 0.2) is 24.3 Å². The number of hydrogen-bond acceptors (Lipinski definition) is 4. The van der Waals surface area contributed by atoms with Crippen LogP contribution in [0.2, 0.25) is 0 Å². The second-order valence-electron chi connectivity index (χ2n) is 6.78. The van der Waals surface area contributed by atoms with Crippen LogP contribution in [0.1, 0.15) is 36.5 Å². The van der Waals surface area contributed by atoms with Crippen molar-refractivity contribution in [3.8, 4) is 0 Å². The Bertz CT molecular complexity index is 753. The van der Waals surface area contributed by atoms with Gasteiger partial charge in [-0.15, -0.1) is 0 Å². The molecular weight excluding hydrogens is 294 g/mol. The van der Waals surface area contributed by atoms with Gasteiger partial charge in [0.15, 0.2) is 5.78 Å². The van der Waals surface area contributed by atoms with Crippen molar-refractivity contribution in [2.75, 3.05) is 4.90 Å². The highest BCUT2D eigenvalue weighted by atomic mass is 16.2. The Morgan fingerprint density at radius 3 is 2.52 bits per heavy atom. The normalized spacial score (nSPS) is 32.4. The predicted octanol–water partition coefficient (Wildman–Crippen LogP) is 1.99. The van der Waals surface area contributed by atoms with Gasteiger partial charge in [-0.25, -0.2) is 0 Å². The summed E-state index contributed by atoms with van der Waals surface area (Å²) < 4.78 is 0. The number of amides is 2. The molecule has 4 unspecified atom stereocenters. The van der Waals surface area contributed by atoms with E-state index in [2.05, 4.69) is 0 Å². The summed E-state index contributed by atoms with van der Waals surface area (Å²) in [5, 5.41) is 0. The lowest BCUT2D eigenvalue weighted by atomic mass is 9.59. The van der Waals surface area contributed by atoms with E-state index in [0.717, 1.165) is 6.42 Å². The third-order valence-corrected chi connectivity index (χ3v) is 5.58. The minimum absolute atomic E-state index is 0.00469. The van der Waals surface area contributed by atoms with Crippen LogP contribution in [0.25, 0.3) is 0 Å². The van der Waals surface area contributed by atoms with Gasteiger partial charge in [0, 0.05) is 17.9 Å². The van der Waals surface area contributed by atoms with Crippen molar-refractivity contribution >= 4 is 29.1 Å². The molecule has 0 spiro atoms. The summed E-state index contributed by atoms with van der Waals surface area (Å²) in [5.41, 5.74) is 0.908. The van der Waals surface area contributed by atoms with Crippen LogP contribution in [0.3, 0.4) is 0 Å². The van der Waals surface area contributed by atoms with Crippen LogP contribution in [0.4, 0.5) is 5.69 Å². The maximum absolute atomic E-state index is 12.8. The quantitative estimate of drug-likeness (QED) is 0.618. The summed E-state index contributed by atoms with van der Waals surface area (Å²) in [6, 6.07) is 6.59. The predicted molar refractivity (Wildman–Crippen MR) is 81.8 cm³/mol. The number of imide groups is 1. The zero-order valence-electron chi connectivity index (χ0n) is 12.8. The third kappa shape index (κ3) is 1.92. The van der Waals surface area contributed by atoms with Crippen molar-refractivity contribution in [3.63, 3.8) is 0 Å². The Morgan fingerprint density at radius 2 is 1.83 bits per heavy atom. The monoisotopic (exact) mass is 311 g/mol. The van der Waals surface area contributed by atoms with Gasteiger partial charge in [-0.3, -0.25) is 24.1 Å². The van der Waals surface area contributed by atoms with Crippen LogP contribution in [-0.4, -0.2) is 23.4 Å². The van der Waals surface area contributed by atoms with E-state index in [0.29, 0.717) is 24.1 Å². The summed E-state index contributed by atoms with van der Waals surface area (Å²) in [6.07, 6.45) is 1.98. The van der Waals surface area contributed by atoms with Gasteiger partial charge in [-0.1, -0.05) is 12.1 Å². The molecule has 5 nitrogen and oxygen atoms in total. The molecule has 0 N–H and O–H groups in total. The second-order valence-corrected chi connectivity index (χ2v) is 6.78. The molecule has 4 fully saturated rings. The molecule has 5 heteroatoms. The van der Waals surface area contributed by atoms with E-state index in [1.165, 1.54) is 11.8 Å². The largest absolute Gasteiger partial charge is 0.299 e. The van der Waals surface area contributed by atoms with Gasteiger partial charge in [0.25, 0.3) is 0 Å². The lowest BCUT2D eigenvalue weighted by Gasteiger charge is -2.41. The number of Topliss-reactive ketones (excluding diaryl/α,β-unsaturated/α-hetero) is 2. The van der Waals surface area contributed by atoms with Crippen molar-refractivity contribution in [1.82, 2.24) is 0 Å². The van der Waals surface area contributed by atoms with E-state index in [1.54, 1.807) is 24.3 Å². The number of rotatable bonds is 2. The number of ketones is 2. The second kappa shape index (κ2) is 4.85. The fourth-order valence-electron chi connectivity index (χ4n) is 4.50. The fraction of sp³-hybridized carbons (Fsp3) is 0.444. The van der Waals surface area contributed by atoms with E-state index in [4.69, 9.17) is 0 Å². The molecule has 23 heavy (non-hydrogen) atoms. The van der Waals surface area contributed by atoms with Crippen LogP contribution in [0, 0.1) is 23.7 Å². The number of carbonyl (C=O) groups excluding carboxylic acids is 4. The fourth-order valence-corrected chi connectivity index (χ4v) is 4.50. The molecule has 0 radical (unpaired) electrons. The van der Waals surface area contributed by atoms with Gasteiger partial charge < -0.3 is 0 Å². The highest BCUT2D eigenvalue weighted by Gasteiger charge is 2.60. The van der Waals surface area contributed by atoms with Gasteiger partial charge in [-0.2, -0.15) is 0 Å². The standard InChI is InChI=1S/C18H17NO4/c1-9(20)10-3-2-4-12(7-10)19-17(22)15-11-5-6-13(14(21)8-11)16(15)18(19)23/h2-4,7,11,13,15-16H,5-6,8H2,1H3. The highest BCUT2D eigenvalue weighted by molar-refractivity contribution is 6.23.